The highest BCUT2D eigenvalue weighted by Gasteiger charge is 2.37. The smallest absolute Gasteiger partial charge is 0.267 e. The summed E-state index contributed by atoms with van der Waals surface area (Å²) in [5.74, 6) is 3.72. The van der Waals surface area contributed by atoms with Crippen molar-refractivity contribution in [3.8, 4) is 17.1 Å². The number of benzene rings is 6. The lowest BCUT2D eigenvalue weighted by atomic mass is 10.1. The van der Waals surface area contributed by atoms with E-state index in [2.05, 4.69) is 65.1 Å². The number of aromatic nitrogens is 18. The number of hydrogen-bond acceptors (Lipinski definition) is 23. The van der Waals surface area contributed by atoms with Gasteiger partial charge in [0.15, 0.2) is 16.9 Å². The number of nitrogen functional groups attached to an aromatic ring is 1. The first kappa shape index (κ1) is 74.1. The van der Waals surface area contributed by atoms with Gasteiger partial charge in [-0.15, -0.1) is 0 Å². The molecule has 0 saturated carbocycles. The molecule has 15 aromatic rings. The number of anilines is 3. The minimum Gasteiger partial charge on any atom is -0.412 e. The number of aromatic amines is 3. The quantitative estimate of drug-likeness (QED) is 0.0770. The van der Waals surface area contributed by atoms with Gasteiger partial charge in [0.1, 0.15) is 62.1 Å². The Balaban J connectivity index is 0.000000133. The van der Waals surface area contributed by atoms with Crippen molar-refractivity contribution in [2.24, 2.45) is 0 Å². The highest BCUT2D eigenvalue weighted by atomic mass is 35.5. The Labute approximate surface area is 630 Å². The number of nitrogens with two attached hydrogens (primary N) is 1. The van der Waals surface area contributed by atoms with Crippen molar-refractivity contribution in [3.63, 3.8) is 0 Å². The molecule has 3 fully saturated rings. The minimum absolute atomic E-state index is 0. The second-order valence-electron chi connectivity index (χ2n) is 24.9. The number of aryl methyl sites for hydroxylation is 2. The van der Waals surface area contributed by atoms with Gasteiger partial charge >= 0.3 is 0 Å². The van der Waals surface area contributed by atoms with Crippen LogP contribution in [0.5, 0.6) is 0 Å². The average Bonchev–Trinajstić information content (AvgIpc) is 0.927. The van der Waals surface area contributed by atoms with E-state index >= 15 is 0 Å². The topological polar surface area (TPSA) is 430 Å². The standard InChI is InChI=1S/C25H20ClN7O2.C24H19ClN8O2.C18H16ClN3O.C7H5ClN4O.H3N.H2O/c1-14-29-21-20(24(34)28-13-27-21)23(30-14)32-12-6-11-18(32)22-31-17-10-5-9-16(26)19(17)25(35)33(22)15-7-3-2-4-8-15;25-14-8-4-9-15-17(14)23(35)33(13-6-2-1-3-7-13)20(29-15)16-10-5-11-32(16)21-18-19(30-24(26)31-21)27-12-28-22(18)34;19-13-8-4-9-14-16(13)18(23)22(12-6-2-1-3-7-12)17(21-14)15-10-5-11-20-15;1-3-11-5(8)4-6(12-3)9-2-10-7(4)13;;/h2-5,7-10,13,18H,6,11-12H2,1H3,(H,27,28,29,30,34);1-4,6-9,12,16H,5,10-11H2,(H3,26,27,28,30,31,34);1-4,6-9,15,20H,5,10-11H2;2H,1H3,(H,9,10,11,12,13);1H3;1H2/t18-;16-;15-;;;/m000.../s1. The molecular weight excluding hydrogens is 1460 g/mol. The van der Waals surface area contributed by atoms with Gasteiger partial charge in [-0.05, 0) is 132 Å². The lowest BCUT2D eigenvalue weighted by molar-refractivity contribution is 0.584. The molecule has 0 spiro atoms. The van der Waals surface area contributed by atoms with Crippen LogP contribution in [0.2, 0.25) is 20.2 Å². The number of hydrogen-bond donors (Lipinski definition) is 6. The summed E-state index contributed by atoms with van der Waals surface area (Å²) in [4.78, 5) is 141. The van der Waals surface area contributed by atoms with Gasteiger partial charge < -0.3 is 47.4 Å². The molecule has 0 aliphatic carbocycles. The molecule has 11 N–H and O–H groups in total. The highest BCUT2D eigenvalue weighted by molar-refractivity contribution is 6.36. The molecule has 30 nitrogen and oxygen atoms in total. The maximum Gasteiger partial charge on any atom is 0.267 e. The van der Waals surface area contributed by atoms with Crippen LogP contribution in [0.15, 0.2) is 193 Å². The van der Waals surface area contributed by atoms with Gasteiger partial charge in [0.25, 0.3) is 33.4 Å². The second-order valence-corrected chi connectivity index (χ2v) is 26.5. The third kappa shape index (κ3) is 14.2. The lowest BCUT2D eigenvalue weighted by Crippen LogP contribution is -2.33. The molecule has 18 rings (SSSR count). The summed E-state index contributed by atoms with van der Waals surface area (Å²) in [6.07, 6.45) is 9.02. The van der Waals surface area contributed by atoms with E-state index in [1.54, 1.807) is 70.0 Å². The Hall–Kier alpha value is -12.2. The predicted octanol–water partition coefficient (Wildman–Crippen LogP) is 10.2. The normalized spacial score (nSPS) is 15.3. The molecule has 108 heavy (non-hydrogen) atoms. The van der Waals surface area contributed by atoms with Gasteiger partial charge in [0, 0.05) is 13.1 Å². The van der Waals surface area contributed by atoms with Crippen molar-refractivity contribution >= 4 is 130 Å². The molecule has 0 radical (unpaired) electrons. The average molecular weight is 1530 g/mol. The van der Waals surface area contributed by atoms with E-state index in [1.165, 1.54) is 19.0 Å². The molecule has 34 heteroatoms. The zero-order valence-electron chi connectivity index (χ0n) is 57.5. The molecule has 3 aliphatic heterocycles. The Kier molecular flexibility index (Phi) is 21.6. The predicted molar refractivity (Wildman–Crippen MR) is 417 cm³/mol. The summed E-state index contributed by atoms with van der Waals surface area (Å²) >= 11 is 24.9. The van der Waals surface area contributed by atoms with E-state index in [0.717, 1.165) is 50.2 Å². The van der Waals surface area contributed by atoms with Crippen molar-refractivity contribution in [2.75, 3.05) is 35.2 Å². The van der Waals surface area contributed by atoms with Crippen LogP contribution in [0, 0.1) is 13.8 Å². The van der Waals surface area contributed by atoms with Crippen molar-refractivity contribution in [1.82, 2.24) is 99.9 Å². The number of rotatable bonds is 8. The first-order valence-corrected chi connectivity index (χ1v) is 35.2. The fourth-order valence-corrected chi connectivity index (χ4v) is 14.8. The van der Waals surface area contributed by atoms with Gasteiger partial charge in [0.05, 0.1) is 102 Å². The first-order chi connectivity index (χ1) is 51.5. The van der Waals surface area contributed by atoms with E-state index in [-0.39, 0.29) is 90.6 Å². The van der Waals surface area contributed by atoms with E-state index in [4.69, 9.17) is 67.1 Å². The van der Waals surface area contributed by atoms with Gasteiger partial charge in [-0.3, -0.25) is 42.5 Å². The fraction of sp³-hybridized carbons (Fsp3) is 0.189. The summed E-state index contributed by atoms with van der Waals surface area (Å²) in [6.45, 7) is 5.63. The molecule has 12 heterocycles. The number of nitrogens with one attached hydrogen (secondary N) is 4. The van der Waals surface area contributed by atoms with Crippen molar-refractivity contribution < 1.29 is 5.48 Å². The minimum atomic E-state index is -0.366. The SMILES string of the molecule is Cc1nc(Cl)c2c(=O)[nH]cnc2n1.Cc1nc(N2CCC[C@H]2c2nc3cccc(Cl)c3c(=O)n2-c2ccccc2)c2c(=O)[nH]cnc2n1.N.Nc1nc(N2CCC[C@H]2c2nc3cccc(Cl)c3c(=O)n2-c2ccccc2)c2c(=O)[nH]cnc2n1.O.O=c1c2c(Cl)cccc2nc([C@@H]2CCCN2)n1-c1ccccc1. The molecule has 9 aromatic heterocycles. The highest BCUT2D eigenvalue weighted by Crippen LogP contribution is 2.40. The number of para-hydroxylation sites is 3. The molecule has 3 atom stereocenters. The summed E-state index contributed by atoms with van der Waals surface area (Å²) in [7, 11) is 0. The van der Waals surface area contributed by atoms with Crippen molar-refractivity contribution in [3.05, 3.63) is 276 Å². The van der Waals surface area contributed by atoms with Crippen molar-refractivity contribution in [2.45, 2.75) is 70.5 Å². The first-order valence-electron chi connectivity index (χ1n) is 33.7. The van der Waals surface area contributed by atoms with Gasteiger partial charge in [-0.2, -0.15) is 9.97 Å². The summed E-state index contributed by atoms with van der Waals surface area (Å²) in [5, 5.41) is 6.69. The van der Waals surface area contributed by atoms with E-state index < -0.39 is 0 Å². The summed E-state index contributed by atoms with van der Waals surface area (Å²) in [5.41, 5.74) is 9.08. The second kappa shape index (κ2) is 31.5. The molecule has 546 valence electrons. The van der Waals surface area contributed by atoms with E-state index in [0.29, 0.717) is 130 Å². The van der Waals surface area contributed by atoms with Crippen LogP contribution in [0.3, 0.4) is 0 Å². The summed E-state index contributed by atoms with van der Waals surface area (Å²) < 4.78 is 4.90. The third-order valence-electron chi connectivity index (χ3n) is 18.3. The maximum absolute atomic E-state index is 13.8. The number of halogens is 4. The van der Waals surface area contributed by atoms with Crippen LogP contribution >= 0.6 is 46.4 Å². The molecular formula is C74H65Cl4N23O7. The van der Waals surface area contributed by atoms with Crippen LogP contribution in [-0.2, 0) is 0 Å². The van der Waals surface area contributed by atoms with Gasteiger partial charge in [-0.1, -0.05) is 119 Å². The molecule has 0 amide bonds. The van der Waals surface area contributed by atoms with Crippen LogP contribution in [0.4, 0.5) is 17.6 Å². The Morgan fingerprint density at radius 2 is 0.787 bits per heavy atom. The number of nitrogens with zero attached hydrogens (tertiary/aromatic N) is 17. The zero-order chi connectivity index (χ0) is 73.4. The number of fused-ring (bicyclic) bond motifs is 6. The van der Waals surface area contributed by atoms with Crippen LogP contribution in [-0.4, -0.2) is 114 Å². The molecule has 3 saturated heterocycles. The van der Waals surface area contributed by atoms with Crippen molar-refractivity contribution in [1.29, 1.82) is 0 Å². The van der Waals surface area contributed by atoms with Crippen LogP contribution in [0.1, 0.15) is 85.8 Å². The monoisotopic (exact) mass is 1530 g/mol. The largest absolute Gasteiger partial charge is 0.412 e. The van der Waals surface area contributed by atoms with E-state index in [1.807, 2.05) is 113 Å². The third-order valence-corrected chi connectivity index (χ3v) is 19.6. The lowest BCUT2D eigenvalue weighted by Gasteiger charge is -2.28. The Bertz CT molecular complexity index is 6070. The molecule has 3 aliphatic rings. The van der Waals surface area contributed by atoms with E-state index in [9.17, 15) is 28.8 Å². The molecule has 0 unspecified atom stereocenters. The Morgan fingerprint density at radius 1 is 0.407 bits per heavy atom. The summed E-state index contributed by atoms with van der Waals surface area (Å²) in [6, 6.07) is 43.6. The van der Waals surface area contributed by atoms with Gasteiger partial charge in [0.2, 0.25) is 5.95 Å². The fourth-order valence-electron chi connectivity index (χ4n) is 13.8. The maximum atomic E-state index is 13.8. The van der Waals surface area contributed by atoms with Gasteiger partial charge in [-0.25, -0.2) is 49.8 Å². The molecule has 6 aromatic carbocycles. The zero-order valence-corrected chi connectivity index (χ0v) is 60.6. The van der Waals surface area contributed by atoms with Crippen LogP contribution < -0.4 is 60.4 Å². The number of H-pyrrole nitrogens is 3. The van der Waals surface area contributed by atoms with Crippen LogP contribution in [0.25, 0.3) is 82.9 Å². The Morgan fingerprint density at radius 3 is 1.21 bits per heavy atom. The molecule has 0 bridgehead atoms.